The van der Waals surface area contributed by atoms with Gasteiger partial charge in [-0.1, -0.05) is 115 Å². The van der Waals surface area contributed by atoms with Crippen LogP contribution in [-0.2, 0) is 0 Å². The van der Waals surface area contributed by atoms with Crippen LogP contribution in [-0.4, -0.2) is 19.1 Å². The second kappa shape index (κ2) is 12.5. The molecule has 0 radical (unpaired) electrons. The average Bonchev–Trinajstić information content (AvgIpc) is 4.07. The van der Waals surface area contributed by atoms with E-state index in [0.717, 1.165) is 110 Å². The zero-order valence-corrected chi connectivity index (χ0v) is 33.1. The van der Waals surface area contributed by atoms with E-state index in [2.05, 4.69) is 173 Å². The summed E-state index contributed by atoms with van der Waals surface area (Å²) in [6.45, 7) is 0. The van der Waals surface area contributed by atoms with Crippen molar-refractivity contribution in [2.24, 2.45) is 0 Å². The Hall–Kier alpha value is -8.48. The Morgan fingerprint density at radius 3 is 1.66 bits per heavy atom. The molecule has 0 saturated carbocycles. The van der Waals surface area contributed by atoms with Crippen LogP contribution >= 0.6 is 0 Å². The molecule has 0 spiro atoms. The molecule has 9 aromatic carbocycles. The first kappa shape index (κ1) is 33.4. The number of benzene rings is 9. The smallest absolute Gasteiger partial charge is 0.235 e. The van der Waals surface area contributed by atoms with Gasteiger partial charge in [0.25, 0.3) is 0 Å². The number of aromatic nitrogens is 4. The molecule has 0 fully saturated rings. The Labute approximate surface area is 353 Å². The van der Waals surface area contributed by atoms with Crippen LogP contribution < -0.4 is 0 Å². The quantitative estimate of drug-likeness (QED) is 0.178. The Kier molecular flexibility index (Phi) is 6.74. The van der Waals surface area contributed by atoms with Crippen LogP contribution in [0, 0.1) is 0 Å². The first-order chi connectivity index (χ1) is 30.7. The summed E-state index contributed by atoms with van der Waals surface area (Å²) in [4.78, 5) is 10.6. The third-order valence-corrected chi connectivity index (χ3v) is 12.7. The van der Waals surface area contributed by atoms with Gasteiger partial charge in [0.2, 0.25) is 5.95 Å². The maximum Gasteiger partial charge on any atom is 0.235 e. The highest BCUT2D eigenvalue weighted by molar-refractivity contribution is 6.19. The van der Waals surface area contributed by atoms with Crippen molar-refractivity contribution in [1.82, 2.24) is 19.1 Å². The number of hydrogen-bond acceptors (Lipinski definition) is 4. The minimum absolute atomic E-state index is 0.608. The summed E-state index contributed by atoms with van der Waals surface area (Å²) < 4.78 is 17.6. The van der Waals surface area contributed by atoms with E-state index >= 15 is 0 Å². The molecular formula is C56H32N4O2. The molecule has 0 N–H and O–H groups in total. The first-order valence-corrected chi connectivity index (χ1v) is 20.9. The van der Waals surface area contributed by atoms with E-state index in [0.29, 0.717) is 5.95 Å². The van der Waals surface area contributed by atoms with Gasteiger partial charge in [-0.3, -0.25) is 4.57 Å². The highest BCUT2D eigenvalue weighted by Gasteiger charge is 2.21. The molecule has 0 unspecified atom stereocenters. The van der Waals surface area contributed by atoms with Crippen LogP contribution in [0.3, 0.4) is 0 Å². The molecule has 14 aromatic rings. The van der Waals surface area contributed by atoms with Crippen molar-refractivity contribution in [2.75, 3.05) is 0 Å². The molecule has 6 heteroatoms. The van der Waals surface area contributed by atoms with Crippen molar-refractivity contribution in [3.8, 4) is 34.0 Å². The predicted octanol–water partition coefficient (Wildman–Crippen LogP) is 15.0. The first-order valence-electron chi connectivity index (χ1n) is 20.9. The number of fused-ring (bicyclic) bond motifs is 13. The fourth-order valence-corrected chi connectivity index (χ4v) is 9.89. The molecule has 288 valence electrons. The summed E-state index contributed by atoms with van der Waals surface area (Å²) in [5.41, 5.74) is 13.9. The van der Waals surface area contributed by atoms with Gasteiger partial charge in [0, 0.05) is 71.9 Å². The van der Waals surface area contributed by atoms with Crippen molar-refractivity contribution in [2.45, 2.75) is 0 Å². The topological polar surface area (TPSA) is 61.9 Å². The lowest BCUT2D eigenvalue weighted by atomic mass is 10.00. The summed E-state index contributed by atoms with van der Waals surface area (Å²) in [6.07, 6.45) is 0. The van der Waals surface area contributed by atoms with Gasteiger partial charge in [0.1, 0.15) is 22.3 Å². The van der Waals surface area contributed by atoms with Crippen LogP contribution in [0.1, 0.15) is 0 Å². The van der Waals surface area contributed by atoms with E-state index in [-0.39, 0.29) is 0 Å². The monoisotopic (exact) mass is 792 g/mol. The predicted molar refractivity (Wildman–Crippen MR) is 254 cm³/mol. The Morgan fingerprint density at radius 2 is 0.855 bits per heavy atom. The lowest BCUT2D eigenvalue weighted by molar-refractivity contribution is 0.669. The van der Waals surface area contributed by atoms with Crippen molar-refractivity contribution >= 4 is 98.4 Å². The minimum Gasteiger partial charge on any atom is -0.456 e. The van der Waals surface area contributed by atoms with Crippen LogP contribution in [0.5, 0.6) is 0 Å². The summed E-state index contributed by atoms with van der Waals surface area (Å²) in [5, 5.41) is 9.98. The van der Waals surface area contributed by atoms with Crippen molar-refractivity contribution in [3.63, 3.8) is 0 Å². The van der Waals surface area contributed by atoms with E-state index in [1.165, 1.54) is 16.3 Å². The summed E-state index contributed by atoms with van der Waals surface area (Å²) >= 11 is 0. The van der Waals surface area contributed by atoms with E-state index in [9.17, 15) is 0 Å². The van der Waals surface area contributed by atoms with Crippen molar-refractivity contribution < 1.29 is 8.83 Å². The highest BCUT2D eigenvalue weighted by Crippen LogP contribution is 2.42. The number of nitrogens with zero attached hydrogens (tertiary/aromatic N) is 4. The molecule has 14 rings (SSSR count). The third-order valence-electron chi connectivity index (χ3n) is 12.7. The van der Waals surface area contributed by atoms with Crippen LogP contribution in [0.4, 0.5) is 0 Å². The molecule has 0 amide bonds. The van der Waals surface area contributed by atoms with E-state index < -0.39 is 0 Å². The van der Waals surface area contributed by atoms with Gasteiger partial charge in [-0.05, 0) is 77.9 Å². The SMILES string of the molecule is c1ccc(-c2nc(-n3c4ccc(-c5ccc6oc7cc8c(cc7c6c5)c5ccccc5n8-c5ccccc5)cc4c4cc5c(cc43)oc3ccccc35)nc3ccccc23)cc1. The molecule has 6 nitrogen and oxygen atoms in total. The van der Waals surface area contributed by atoms with Gasteiger partial charge in [-0.25, -0.2) is 9.97 Å². The second-order valence-corrected chi connectivity index (χ2v) is 16.2. The molecule has 0 atom stereocenters. The van der Waals surface area contributed by atoms with Crippen LogP contribution in [0.2, 0.25) is 0 Å². The van der Waals surface area contributed by atoms with Gasteiger partial charge in [0.05, 0.1) is 33.3 Å². The number of para-hydroxylation sites is 4. The maximum atomic E-state index is 6.62. The van der Waals surface area contributed by atoms with E-state index in [1.54, 1.807) is 0 Å². The molecule has 0 aliphatic rings. The zero-order valence-electron chi connectivity index (χ0n) is 33.1. The summed E-state index contributed by atoms with van der Waals surface area (Å²) in [6, 6.07) is 68.3. The second-order valence-electron chi connectivity index (χ2n) is 16.2. The molecule has 0 aliphatic carbocycles. The Morgan fingerprint density at radius 1 is 0.306 bits per heavy atom. The fourth-order valence-electron chi connectivity index (χ4n) is 9.89. The van der Waals surface area contributed by atoms with E-state index in [1.807, 2.05) is 30.3 Å². The molecule has 5 aromatic heterocycles. The molecule has 0 saturated heterocycles. The normalized spacial score (nSPS) is 12.2. The van der Waals surface area contributed by atoms with Crippen molar-refractivity contribution in [1.29, 1.82) is 0 Å². The minimum atomic E-state index is 0.608. The number of hydrogen-bond donors (Lipinski definition) is 0. The molecule has 0 bridgehead atoms. The maximum absolute atomic E-state index is 6.62. The Bertz CT molecular complexity index is 4150. The van der Waals surface area contributed by atoms with Gasteiger partial charge in [-0.15, -0.1) is 0 Å². The lowest BCUT2D eigenvalue weighted by Gasteiger charge is -2.12. The highest BCUT2D eigenvalue weighted by atomic mass is 16.3. The van der Waals surface area contributed by atoms with Crippen molar-refractivity contribution in [3.05, 3.63) is 194 Å². The fraction of sp³-hybridized carbons (Fsp3) is 0. The molecule has 62 heavy (non-hydrogen) atoms. The average molecular weight is 793 g/mol. The number of furan rings is 2. The third kappa shape index (κ3) is 4.74. The van der Waals surface area contributed by atoms with Crippen LogP contribution in [0.25, 0.3) is 132 Å². The van der Waals surface area contributed by atoms with Gasteiger partial charge < -0.3 is 13.4 Å². The van der Waals surface area contributed by atoms with Crippen LogP contribution in [0.15, 0.2) is 203 Å². The molecular weight excluding hydrogens is 761 g/mol. The number of rotatable bonds is 4. The Balaban J connectivity index is 1.000. The lowest BCUT2D eigenvalue weighted by Crippen LogP contribution is -2.03. The summed E-state index contributed by atoms with van der Waals surface area (Å²) in [7, 11) is 0. The van der Waals surface area contributed by atoms with Gasteiger partial charge in [0.15, 0.2) is 0 Å². The molecule has 5 heterocycles. The molecule has 0 aliphatic heterocycles. The van der Waals surface area contributed by atoms with Gasteiger partial charge >= 0.3 is 0 Å². The summed E-state index contributed by atoms with van der Waals surface area (Å²) in [5.74, 6) is 0.608. The van der Waals surface area contributed by atoms with E-state index in [4.69, 9.17) is 18.8 Å². The standard InChI is InChI=1S/C56H32N4O2/c1-3-13-33(14-4-1)55-39-19-7-10-20-46(39)57-56(58-55)60-48-25-23-34(27-40(48)42-30-44-38-18-9-12-22-51(38)61-53(44)32-50(42)60)35-24-26-52-43(28-35)45-29-41-37-17-8-11-21-47(37)59(36-15-5-2-6-16-36)49(41)31-54(45)62-52/h1-32H. The zero-order chi connectivity index (χ0) is 40.5. The van der Waals surface area contributed by atoms with Gasteiger partial charge in [-0.2, -0.15) is 0 Å². The largest absolute Gasteiger partial charge is 0.456 e.